The van der Waals surface area contributed by atoms with Gasteiger partial charge in [0.1, 0.15) is 12.4 Å². The van der Waals surface area contributed by atoms with Crippen molar-refractivity contribution >= 4 is 23.2 Å². The molecule has 1 aromatic heterocycles. The average Bonchev–Trinajstić information content (AvgIpc) is 3.22. The topological polar surface area (TPSA) is 58.6 Å². The third kappa shape index (κ3) is 3.96. The molecule has 2 heterocycles. The van der Waals surface area contributed by atoms with Crippen LogP contribution in [0.2, 0.25) is 0 Å². The Hall–Kier alpha value is -3.12. The molecule has 0 saturated heterocycles. The quantitative estimate of drug-likeness (QED) is 0.650. The third-order valence-corrected chi connectivity index (χ3v) is 6.51. The van der Waals surface area contributed by atoms with Crippen molar-refractivity contribution in [1.82, 2.24) is 10.2 Å². The van der Waals surface area contributed by atoms with Crippen LogP contribution in [0.5, 0.6) is 5.75 Å². The van der Waals surface area contributed by atoms with E-state index in [4.69, 9.17) is 4.74 Å². The van der Waals surface area contributed by atoms with Crippen LogP contribution in [0, 0.1) is 0 Å². The van der Waals surface area contributed by atoms with E-state index >= 15 is 0 Å². The molecule has 0 unspecified atom stereocenters. The summed E-state index contributed by atoms with van der Waals surface area (Å²) >= 11 is 1.49. The molecule has 0 saturated carbocycles. The number of nitrogens with zero attached hydrogens (tertiary/aromatic N) is 1. The van der Waals surface area contributed by atoms with Crippen LogP contribution in [0.25, 0.3) is 10.4 Å². The molecule has 1 aliphatic rings. The first-order chi connectivity index (χ1) is 14.4. The molecule has 0 spiro atoms. The van der Waals surface area contributed by atoms with Crippen molar-refractivity contribution in [1.29, 1.82) is 0 Å². The van der Waals surface area contributed by atoms with Gasteiger partial charge in [-0.25, -0.2) is 0 Å². The average molecular weight is 421 g/mol. The highest BCUT2D eigenvalue weighted by Gasteiger charge is 2.22. The van der Waals surface area contributed by atoms with Gasteiger partial charge >= 0.3 is 0 Å². The lowest BCUT2D eigenvalue weighted by Crippen LogP contribution is -2.32. The van der Waals surface area contributed by atoms with Crippen LogP contribution in [0.15, 0.2) is 54.6 Å². The Kier molecular flexibility index (Phi) is 5.59. The van der Waals surface area contributed by atoms with Crippen molar-refractivity contribution in [3.63, 3.8) is 0 Å². The van der Waals surface area contributed by atoms with E-state index in [1.807, 2.05) is 56.3 Å². The van der Waals surface area contributed by atoms with Crippen molar-refractivity contribution in [3.8, 4) is 16.2 Å². The highest BCUT2D eigenvalue weighted by molar-refractivity contribution is 7.17. The number of hydrogen-bond donors (Lipinski definition) is 1. The fourth-order valence-electron chi connectivity index (χ4n) is 3.28. The Morgan fingerprint density at radius 2 is 1.87 bits per heavy atom. The Morgan fingerprint density at radius 1 is 1.13 bits per heavy atom. The maximum atomic E-state index is 12.7. The first kappa shape index (κ1) is 20.2. The summed E-state index contributed by atoms with van der Waals surface area (Å²) in [4.78, 5) is 28.5. The lowest BCUT2D eigenvalue weighted by molar-refractivity contribution is 0.0754. The number of nitrogens with one attached hydrogen (secondary N) is 1. The van der Waals surface area contributed by atoms with Crippen LogP contribution in [-0.4, -0.2) is 29.8 Å². The largest absolute Gasteiger partial charge is 0.488 e. The number of fused-ring (bicyclic) bond motifs is 3. The Labute approximate surface area is 180 Å². The standard InChI is InChI=1S/C24H24N2O3S/c1-15(2)26(3)24(28)17-10-8-16(9-11-17)13-25-23(27)21-12-18-14-29-20-7-5-4-6-19(20)22(18)30-21/h4-12,15H,13-14H2,1-3H3,(H,25,27). The van der Waals surface area contributed by atoms with Gasteiger partial charge in [-0.05, 0) is 49.7 Å². The molecule has 5 nitrogen and oxygen atoms in total. The lowest BCUT2D eigenvalue weighted by atomic mass is 10.1. The van der Waals surface area contributed by atoms with Gasteiger partial charge in [0.05, 0.1) is 4.88 Å². The second-order valence-electron chi connectivity index (χ2n) is 7.64. The zero-order valence-corrected chi connectivity index (χ0v) is 18.1. The number of carbonyl (C=O) groups excluding carboxylic acids is 2. The highest BCUT2D eigenvalue weighted by Crippen LogP contribution is 2.42. The number of hydrogen-bond acceptors (Lipinski definition) is 4. The zero-order valence-electron chi connectivity index (χ0n) is 17.3. The lowest BCUT2D eigenvalue weighted by Gasteiger charge is -2.21. The maximum absolute atomic E-state index is 12.7. The molecule has 30 heavy (non-hydrogen) atoms. The number of rotatable bonds is 5. The minimum atomic E-state index is -0.105. The van der Waals surface area contributed by atoms with Crippen molar-refractivity contribution in [2.75, 3.05) is 7.05 Å². The van der Waals surface area contributed by atoms with E-state index in [0.717, 1.165) is 27.3 Å². The molecule has 1 aliphatic heterocycles. The molecule has 154 valence electrons. The minimum absolute atomic E-state index is 0.00717. The van der Waals surface area contributed by atoms with Crippen LogP contribution in [0.4, 0.5) is 0 Å². The van der Waals surface area contributed by atoms with Crippen molar-refractivity contribution in [2.45, 2.75) is 33.0 Å². The van der Waals surface area contributed by atoms with Gasteiger partial charge in [0.25, 0.3) is 11.8 Å². The number of ether oxygens (including phenoxy) is 1. The molecule has 2 aromatic carbocycles. The van der Waals surface area contributed by atoms with Crippen molar-refractivity contribution < 1.29 is 14.3 Å². The fourth-order valence-corrected chi connectivity index (χ4v) is 4.40. The summed E-state index contributed by atoms with van der Waals surface area (Å²) in [6, 6.07) is 17.3. The second kappa shape index (κ2) is 8.32. The normalized spacial score (nSPS) is 12.0. The molecule has 6 heteroatoms. The van der Waals surface area contributed by atoms with Gasteiger partial charge in [-0.1, -0.05) is 24.3 Å². The van der Waals surface area contributed by atoms with E-state index in [0.29, 0.717) is 23.6 Å². The van der Waals surface area contributed by atoms with Crippen LogP contribution in [-0.2, 0) is 13.2 Å². The van der Waals surface area contributed by atoms with E-state index < -0.39 is 0 Å². The van der Waals surface area contributed by atoms with Gasteiger partial charge in [-0.2, -0.15) is 0 Å². The summed E-state index contributed by atoms with van der Waals surface area (Å²) in [5.41, 5.74) is 3.67. The number of benzene rings is 2. The first-order valence-corrected chi connectivity index (χ1v) is 10.7. The zero-order chi connectivity index (χ0) is 21.3. The maximum Gasteiger partial charge on any atom is 0.261 e. The van der Waals surface area contributed by atoms with Crippen LogP contribution >= 0.6 is 11.3 Å². The van der Waals surface area contributed by atoms with E-state index in [9.17, 15) is 9.59 Å². The first-order valence-electron chi connectivity index (χ1n) is 9.93. The van der Waals surface area contributed by atoms with E-state index in [1.54, 1.807) is 24.1 Å². The van der Waals surface area contributed by atoms with E-state index in [2.05, 4.69) is 5.32 Å². The molecule has 4 rings (SSSR count). The van der Waals surface area contributed by atoms with Gasteiger partial charge in [0.2, 0.25) is 0 Å². The van der Waals surface area contributed by atoms with Crippen molar-refractivity contribution in [2.24, 2.45) is 0 Å². The summed E-state index contributed by atoms with van der Waals surface area (Å²) in [5, 5.41) is 2.97. The molecule has 1 N–H and O–H groups in total. The Bertz CT molecular complexity index is 1090. The summed E-state index contributed by atoms with van der Waals surface area (Å²) in [7, 11) is 1.80. The summed E-state index contributed by atoms with van der Waals surface area (Å²) in [5.74, 6) is 0.746. The number of amides is 2. The molecule has 0 bridgehead atoms. The SMILES string of the molecule is CC(C)N(C)C(=O)c1ccc(CNC(=O)c2cc3c(s2)-c2ccccc2OC3)cc1. The minimum Gasteiger partial charge on any atom is -0.488 e. The highest BCUT2D eigenvalue weighted by atomic mass is 32.1. The number of thiophene rings is 1. The third-order valence-electron chi connectivity index (χ3n) is 5.30. The second-order valence-corrected chi connectivity index (χ2v) is 8.69. The van der Waals surface area contributed by atoms with Gasteiger partial charge in [-0.3, -0.25) is 9.59 Å². The predicted octanol–water partition coefficient (Wildman–Crippen LogP) is 4.72. The van der Waals surface area contributed by atoms with Gasteiger partial charge < -0.3 is 15.0 Å². The molecule has 0 radical (unpaired) electrons. The van der Waals surface area contributed by atoms with Crippen LogP contribution in [0.3, 0.4) is 0 Å². The van der Waals surface area contributed by atoms with E-state index in [-0.39, 0.29) is 17.9 Å². The van der Waals surface area contributed by atoms with Crippen molar-refractivity contribution in [3.05, 3.63) is 76.2 Å². The molecule has 0 fully saturated rings. The van der Waals surface area contributed by atoms with E-state index in [1.165, 1.54) is 11.3 Å². The summed E-state index contributed by atoms with van der Waals surface area (Å²) in [6.45, 7) is 4.85. The number of para-hydroxylation sites is 1. The van der Waals surface area contributed by atoms with Gasteiger partial charge in [0.15, 0.2) is 0 Å². The van der Waals surface area contributed by atoms with Crippen LogP contribution < -0.4 is 10.1 Å². The molecule has 3 aromatic rings. The molecular weight excluding hydrogens is 396 g/mol. The monoisotopic (exact) mass is 420 g/mol. The van der Waals surface area contributed by atoms with Crippen LogP contribution in [0.1, 0.15) is 45.0 Å². The van der Waals surface area contributed by atoms with Gasteiger partial charge in [0, 0.05) is 41.2 Å². The molecule has 0 aliphatic carbocycles. The Morgan fingerprint density at radius 3 is 2.60 bits per heavy atom. The fraction of sp³-hybridized carbons (Fsp3) is 0.250. The predicted molar refractivity (Wildman–Crippen MR) is 119 cm³/mol. The molecular formula is C24H24N2O3S. The summed E-state index contributed by atoms with van der Waals surface area (Å²) < 4.78 is 5.78. The smallest absolute Gasteiger partial charge is 0.261 e. The molecule has 0 atom stereocenters. The van der Waals surface area contributed by atoms with Gasteiger partial charge in [-0.15, -0.1) is 11.3 Å². The Balaban J connectivity index is 1.41. The summed E-state index contributed by atoms with van der Waals surface area (Å²) in [6.07, 6.45) is 0. The molecule has 2 amide bonds. The number of carbonyl (C=O) groups is 2.